The number of nitrogens with two attached hydrogens (primary N) is 1. The van der Waals surface area contributed by atoms with E-state index in [2.05, 4.69) is 10.6 Å². The lowest BCUT2D eigenvalue weighted by Gasteiger charge is -2.10. The summed E-state index contributed by atoms with van der Waals surface area (Å²) in [6.45, 7) is -0.0768. The fraction of sp³-hybridized carbons (Fsp3) is 0.200. The van der Waals surface area contributed by atoms with E-state index in [0.717, 1.165) is 12.1 Å². The SMILES string of the molecule is CNC(=O)CNc1cc(F)c(C(=O)O)cc1N. The van der Waals surface area contributed by atoms with Crippen molar-refractivity contribution in [3.63, 3.8) is 0 Å². The predicted molar refractivity (Wildman–Crippen MR) is 60.3 cm³/mol. The number of hydrogen-bond acceptors (Lipinski definition) is 4. The Morgan fingerprint density at radius 1 is 1.47 bits per heavy atom. The van der Waals surface area contributed by atoms with Gasteiger partial charge in [0.05, 0.1) is 23.5 Å². The Balaban J connectivity index is 2.92. The molecule has 0 aliphatic heterocycles. The van der Waals surface area contributed by atoms with E-state index in [1.54, 1.807) is 0 Å². The summed E-state index contributed by atoms with van der Waals surface area (Å²) in [5.74, 6) is -2.61. The summed E-state index contributed by atoms with van der Waals surface area (Å²) in [6.07, 6.45) is 0. The third-order valence-corrected chi connectivity index (χ3v) is 2.09. The minimum Gasteiger partial charge on any atom is -0.478 e. The zero-order valence-electron chi connectivity index (χ0n) is 9.08. The molecule has 17 heavy (non-hydrogen) atoms. The van der Waals surface area contributed by atoms with Gasteiger partial charge in [0, 0.05) is 7.05 Å². The first-order valence-corrected chi connectivity index (χ1v) is 4.72. The van der Waals surface area contributed by atoms with Gasteiger partial charge < -0.3 is 21.5 Å². The van der Waals surface area contributed by atoms with E-state index in [-0.39, 0.29) is 23.8 Å². The second kappa shape index (κ2) is 5.15. The number of carbonyl (C=O) groups is 2. The number of rotatable bonds is 4. The maximum absolute atomic E-state index is 13.3. The minimum absolute atomic E-state index is 0.0627. The second-order valence-corrected chi connectivity index (χ2v) is 3.25. The molecular formula is C10H12FN3O3. The molecule has 0 saturated carbocycles. The fourth-order valence-electron chi connectivity index (χ4n) is 1.17. The number of likely N-dealkylation sites (N-methyl/N-ethyl adjacent to an activating group) is 1. The van der Waals surface area contributed by atoms with Crippen molar-refractivity contribution in [1.29, 1.82) is 0 Å². The smallest absolute Gasteiger partial charge is 0.338 e. The third kappa shape index (κ3) is 3.07. The Morgan fingerprint density at radius 2 is 2.12 bits per heavy atom. The number of benzene rings is 1. The Hall–Kier alpha value is -2.31. The van der Waals surface area contributed by atoms with E-state index in [9.17, 15) is 14.0 Å². The molecule has 0 aliphatic carbocycles. The van der Waals surface area contributed by atoms with Gasteiger partial charge in [-0.15, -0.1) is 0 Å². The van der Waals surface area contributed by atoms with Crippen molar-refractivity contribution in [2.75, 3.05) is 24.6 Å². The van der Waals surface area contributed by atoms with Crippen LogP contribution in [-0.2, 0) is 4.79 Å². The van der Waals surface area contributed by atoms with Gasteiger partial charge in [-0.2, -0.15) is 0 Å². The summed E-state index contributed by atoms with van der Waals surface area (Å²) in [6, 6.07) is 1.95. The van der Waals surface area contributed by atoms with E-state index >= 15 is 0 Å². The van der Waals surface area contributed by atoms with Gasteiger partial charge >= 0.3 is 5.97 Å². The quantitative estimate of drug-likeness (QED) is 0.566. The molecule has 5 N–H and O–H groups in total. The molecule has 0 aromatic heterocycles. The Kier molecular flexibility index (Phi) is 3.86. The summed E-state index contributed by atoms with van der Waals surface area (Å²) in [5, 5.41) is 13.6. The zero-order chi connectivity index (χ0) is 13.0. The lowest BCUT2D eigenvalue weighted by molar-refractivity contribution is -0.118. The highest BCUT2D eigenvalue weighted by Gasteiger charge is 2.13. The zero-order valence-corrected chi connectivity index (χ0v) is 9.08. The number of amides is 1. The van der Waals surface area contributed by atoms with Crippen LogP contribution < -0.4 is 16.4 Å². The van der Waals surface area contributed by atoms with Crippen LogP contribution in [0.3, 0.4) is 0 Å². The molecule has 0 saturated heterocycles. The lowest BCUT2D eigenvalue weighted by Crippen LogP contribution is -2.26. The van der Waals surface area contributed by atoms with Crippen molar-refractivity contribution in [2.24, 2.45) is 0 Å². The predicted octanol–water partition coefficient (Wildman–Crippen LogP) is 0.264. The lowest BCUT2D eigenvalue weighted by atomic mass is 10.1. The van der Waals surface area contributed by atoms with Crippen molar-refractivity contribution < 1.29 is 19.1 Å². The summed E-state index contributed by atoms with van der Waals surface area (Å²) in [4.78, 5) is 21.6. The van der Waals surface area contributed by atoms with Gasteiger partial charge in [-0.3, -0.25) is 4.79 Å². The van der Waals surface area contributed by atoms with Crippen LogP contribution in [0.4, 0.5) is 15.8 Å². The number of carboxylic acids is 1. The standard InChI is InChI=1S/C10H12FN3O3/c1-13-9(15)4-14-8-3-6(11)5(10(16)17)2-7(8)12/h2-3,14H,4,12H2,1H3,(H,13,15)(H,16,17). The highest BCUT2D eigenvalue weighted by Crippen LogP contribution is 2.22. The van der Waals surface area contributed by atoms with Crippen molar-refractivity contribution >= 4 is 23.3 Å². The summed E-state index contributed by atoms with van der Waals surface area (Å²) >= 11 is 0. The Labute approximate surface area is 96.6 Å². The average molecular weight is 241 g/mol. The van der Waals surface area contributed by atoms with Crippen LogP contribution in [0.2, 0.25) is 0 Å². The van der Waals surface area contributed by atoms with Gasteiger partial charge in [0.15, 0.2) is 0 Å². The number of halogens is 1. The van der Waals surface area contributed by atoms with Crippen molar-refractivity contribution in [1.82, 2.24) is 5.32 Å². The molecule has 0 atom stereocenters. The van der Waals surface area contributed by atoms with Crippen LogP contribution in [0.5, 0.6) is 0 Å². The number of aromatic carboxylic acids is 1. The van der Waals surface area contributed by atoms with E-state index in [4.69, 9.17) is 10.8 Å². The number of anilines is 2. The maximum atomic E-state index is 13.3. The topological polar surface area (TPSA) is 104 Å². The van der Waals surface area contributed by atoms with Crippen molar-refractivity contribution in [2.45, 2.75) is 0 Å². The Morgan fingerprint density at radius 3 is 2.65 bits per heavy atom. The molecule has 92 valence electrons. The molecule has 1 amide bonds. The van der Waals surface area contributed by atoms with Gasteiger partial charge in [0.25, 0.3) is 0 Å². The van der Waals surface area contributed by atoms with Crippen molar-refractivity contribution in [3.05, 3.63) is 23.5 Å². The maximum Gasteiger partial charge on any atom is 0.338 e. The molecule has 0 fully saturated rings. The van der Waals surface area contributed by atoms with E-state index < -0.39 is 17.3 Å². The second-order valence-electron chi connectivity index (χ2n) is 3.25. The molecule has 1 aromatic carbocycles. The average Bonchev–Trinajstić information content (AvgIpc) is 2.28. The molecule has 0 aliphatic rings. The first-order chi connectivity index (χ1) is 7.95. The molecule has 7 heteroatoms. The van der Waals surface area contributed by atoms with Crippen LogP contribution in [0.15, 0.2) is 12.1 Å². The first kappa shape index (κ1) is 12.8. The third-order valence-electron chi connectivity index (χ3n) is 2.09. The van der Waals surface area contributed by atoms with E-state index in [1.165, 1.54) is 7.05 Å². The Bertz CT molecular complexity index is 462. The number of carboxylic acid groups (broad SMARTS) is 1. The molecule has 1 rings (SSSR count). The number of hydrogen-bond donors (Lipinski definition) is 4. The van der Waals surface area contributed by atoms with Gasteiger partial charge in [0.1, 0.15) is 5.82 Å². The largest absolute Gasteiger partial charge is 0.478 e. The van der Waals surface area contributed by atoms with Crippen LogP contribution >= 0.6 is 0 Å². The van der Waals surface area contributed by atoms with E-state index in [1.807, 2.05) is 0 Å². The summed E-state index contributed by atoms with van der Waals surface area (Å²) in [7, 11) is 1.46. The van der Waals surface area contributed by atoms with Gasteiger partial charge in [-0.05, 0) is 12.1 Å². The normalized spacial score (nSPS) is 9.76. The summed E-state index contributed by atoms with van der Waals surface area (Å²) < 4.78 is 13.3. The van der Waals surface area contributed by atoms with Crippen LogP contribution in [0, 0.1) is 5.82 Å². The molecular weight excluding hydrogens is 229 g/mol. The molecule has 0 heterocycles. The van der Waals surface area contributed by atoms with Gasteiger partial charge in [-0.25, -0.2) is 9.18 Å². The van der Waals surface area contributed by atoms with Crippen LogP contribution in [0.1, 0.15) is 10.4 Å². The molecule has 0 unspecified atom stereocenters. The fourth-order valence-corrected chi connectivity index (χ4v) is 1.17. The highest BCUT2D eigenvalue weighted by atomic mass is 19.1. The molecule has 1 aromatic rings. The number of carbonyl (C=O) groups excluding carboxylic acids is 1. The molecule has 0 spiro atoms. The van der Waals surface area contributed by atoms with Gasteiger partial charge in [0.2, 0.25) is 5.91 Å². The van der Waals surface area contributed by atoms with E-state index in [0.29, 0.717) is 0 Å². The minimum atomic E-state index is -1.40. The number of nitrogens with one attached hydrogen (secondary N) is 2. The van der Waals surface area contributed by atoms with Crippen molar-refractivity contribution in [3.8, 4) is 0 Å². The number of nitrogen functional groups attached to an aromatic ring is 1. The van der Waals surface area contributed by atoms with Crippen LogP contribution in [-0.4, -0.2) is 30.6 Å². The molecule has 0 radical (unpaired) electrons. The van der Waals surface area contributed by atoms with Gasteiger partial charge in [-0.1, -0.05) is 0 Å². The molecule has 6 nitrogen and oxygen atoms in total. The van der Waals surface area contributed by atoms with Crippen LogP contribution in [0.25, 0.3) is 0 Å². The summed E-state index contributed by atoms with van der Waals surface area (Å²) in [5.41, 5.74) is 5.26. The highest BCUT2D eigenvalue weighted by molar-refractivity contribution is 5.91. The monoisotopic (exact) mass is 241 g/mol. The molecule has 0 bridgehead atoms. The first-order valence-electron chi connectivity index (χ1n) is 4.72.